The average Bonchev–Trinajstić information content (AvgIpc) is 2.71. The van der Waals surface area contributed by atoms with Crippen molar-refractivity contribution in [3.8, 4) is 11.4 Å². The van der Waals surface area contributed by atoms with Gasteiger partial charge < -0.3 is 10.5 Å². The highest BCUT2D eigenvalue weighted by Gasteiger charge is 2.20. The third kappa shape index (κ3) is 2.24. The van der Waals surface area contributed by atoms with E-state index < -0.39 is 0 Å². The maximum Gasteiger partial charge on any atom is 0.121 e. The number of nitrogens with zero attached hydrogens (tertiary/aromatic N) is 2. The lowest BCUT2D eigenvalue weighted by Gasteiger charge is -2.18. The van der Waals surface area contributed by atoms with E-state index in [1.165, 1.54) is 0 Å². The van der Waals surface area contributed by atoms with E-state index in [1.807, 2.05) is 55.9 Å². The topological polar surface area (TPSA) is 53.1 Å². The van der Waals surface area contributed by atoms with Gasteiger partial charge >= 0.3 is 0 Å². The largest absolute Gasteiger partial charge is 0.497 e. The fourth-order valence-electron chi connectivity index (χ4n) is 2.04. The van der Waals surface area contributed by atoms with E-state index in [-0.39, 0.29) is 5.54 Å². The van der Waals surface area contributed by atoms with E-state index >= 15 is 0 Å². The van der Waals surface area contributed by atoms with E-state index in [0.717, 1.165) is 22.7 Å². The number of hydrogen-bond donors (Lipinski definition) is 1. The molecule has 2 aromatic rings. The van der Waals surface area contributed by atoms with E-state index in [9.17, 15) is 0 Å². The lowest BCUT2D eigenvalue weighted by Crippen LogP contribution is -2.29. The van der Waals surface area contributed by atoms with Gasteiger partial charge in [-0.3, -0.25) is 0 Å². The maximum absolute atomic E-state index is 6.13. The van der Waals surface area contributed by atoms with Crippen LogP contribution in [0.5, 0.6) is 5.75 Å². The van der Waals surface area contributed by atoms with Gasteiger partial charge in [-0.25, -0.2) is 4.68 Å². The predicted molar refractivity (Wildman–Crippen MR) is 72.1 cm³/mol. The Morgan fingerprint density at radius 3 is 2.61 bits per heavy atom. The van der Waals surface area contributed by atoms with Gasteiger partial charge in [0.25, 0.3) is 0 Å². The monoisotopic (exact) mass is 245 g/mol. The SMILES string of the molecule is COc1cccc(-n2ncc(C(C)(C)N)c2C)c1. The number of benzene rings is 1. The summed E-state index contributed by atoms with van der Waals surface area (Å²) in [4.78, 5) is 0. The van der Waals surface area contributed by atoms with Gasteiger partial charge in [-0.1, -0.05) is 6.07 Å². The lowest BCUT2D eigenvalue weighted by atomic mass is 9.97. The first-order valence-corrected chi connectivity index (χ1v) is 5.92. The molecule has 18 heavy (non-hydrogen) atoms. The minimum Gasteiger partial charge on any atom is -0.497 e. The zero-order chi connectivity index (χ0) is 13.3. The number of aromatic nitrogens is 2. The number of hydrogen-bond acceptors (Lipinski definition) is 3. The Morgan fingerprint density at radius 1 is 1.33 bits per heavy atom. The molecule has 96 valence electrons. The molecule has 0 radical (unpaired) electrons. The Morgan fingerprint density at radius 2 is 2.06 bits per heavy atom. The standard InChI is InChI=1S/C14H19N3O/c1-10-13(14(2,3)15)9-16-17(10)11-6-5-7-12(8-11)18-4/h5-9H,15H2,1-4H3. The van der Waals surface area contributed by atoms with Crippen LogP contribution in [0, 0.1) is 6.92 Å². The van der Waals surface area contributed by atoms with Gasteiger partial charge in [0.15, 0.2) is 0 Å². The van der Waals surface area contributed by atoms with Crippen molar-refractivity contribution in [3.63, 3.8) is 0 Å². The van der Waals surface area contributed by atoms with E-state index in [2.05, 4.69) is 5.10 Å². The van der Waals surface area contributed by atoms with Crippen LogP contribution in [0.2, 0.25) is 0 Å². The van der Waals surface area contributed by atoms with Crippen LogP contribution in [0.25, 0.3) is 5.69 Å². The number of nitrogens with two attached hydrogens (primary N) is 1. The second-order valence-electron chi connectivity index (χ2n) is 4.98. The molecule has 4 heteroatoms. The number of ether oxygens (including phenoxy) is 1. The molecule has 1 aromatic heterocycles. The molecule has 0 saturated carbocycles. The molecule has 1 heterocycles. The highest BCUT2D eigenvalue weighted by atomic mass is 16.5. The van der Waals surface area contributed by atoms with E-state index in [4.69, 9.17) is 10.5 Å². The second kappa shape index (κ2) is 4.46. The summed E-state index contributed by atoms with van der Waals surface area (Å²) in [6.45, 7) is 5.98. The molecule has 0 amide bonds. The van der Waals surface area contributed by atoms with Crippen LogP contribution in [-0.4, -0.2) is 16.9 Å². The highest BCUT2D eigenvalue weighted by molar-refractivity contribution is 5.41. The van der Waals surface area contributed by atoms with Crippen molar-refractivity contribution >= 4 is 0 Å². The van der Waals surface area contributed by atoms with Crippen LogP contribution in [0.15, 0.2) is 30.5 Å². The second-order valence-corrected chi connectivity index (χ2v) is 4.98. The van der Waals surface area contributed by atoms with Crippen LogP contribution in [-0.2, 0) is 5.54 Å². The minimum atomic E-state index is -0.388. The van der Waals surface area contributed by atoms with E-state index in [1.54, 1.807) is 7.11 Å². The minimum absolute atomic E-state index is 0.388. The van der Waals surface area contributed by atoms with Crippen molar-refractivity contribution < 1.29 is 4.74 Å². The maximum atomic E-state index is 6.13. The van der Waals surface area contributed by atoms with Crippen LogP contribution in [0.1, 0.15) is 25.1 Å². The van der Waals surface area contributed by atoms with Crippen molar-refractivity contribution in [2.45, 2.75) is 26.3 Å². The molecule has 0 spiro atoms. The van der Waals surface area contributed by atoms with Crippen LogP contribution >= 0.6 is 0 Å². The molecule has 2 N–H and O–H groups in total. The molecule has 0 bridgehead atoms. The summed E-state index contributed by atoms with van der Waals surface area (Å²) in [5, 5.41) is 4.41. The molecule has 0 aliphatic rings. The first-order chi connectivity index (χ1) is 8.43. The third-order valence-corrected chi connectivity index (χ3v) is 3.00. The first kappa shape index (κ1) is 12.6. The quantitative estimate of drug-likeness (QED) is 0.903. The summed E-state index contributed by atoms with van der Waals surface area (Å²) < 4.78 is 7.11. The van der Waals surface area contributed by atoms with Crippen molar-refractivity contribution in [1.82, 2.24) is 9.78 Å². The summed E-state index contributed by atoms with van der Waals surface area (Å²) in [7, 11) is 1.66. The molecule has 2 rings (SSSR count). The van der Waals surface area contributed by atoms with Crippen LogP contribution in [0.4, 0.5) is 0 Å². The van der Waals surface area contributed by atoms with Crippen LogP contribution < -0.4 is 10.5 Å². The lowest BCUT2D eigenvalue weighted by molar-refractivity contribution is 0.414. The zero-order valence-corrected chi connectivity index (χ0v) is 11.3. The van der Waals surface area contributed by atoms with Gasteiger partial charge in [0.2, 0.25) is 0 Å². The van der Waals surface area contributed by atoms with Crippen molar-refractivity contribution in [2.24, 2.45) is 5.73 Å². The molecule has 0 atom stereocenters. The van der Waals surface area contributed by atoms with Crippen molar-refractivity contribution in [3.05, 3.63) is 41.7 Å². The smallest absolute Gasteiger partial charge is 0.121 e. The molecule has 0 unspecified atom stereocenters. The Kier molecular flexibility index (Phi) is 3.13. The zero-order valence-electron chi connectivity index (χ0n) is 11.3. The van der Waals surface area contributed by atoms with E-state index in [0.29, 0.717) is 0 Å². The van der Waals surface area contributed by atoms with Gasteiger partial charge in [-0.15, -0.1) is 0 Å². The number of methoxy groups -OCH3 is 1. The van der Waals surface area contributed by atoms with Gasteiger partial charge in [-0.05, 0) is 32.9 Å². The van der Waals surface area contributed by atoms with Gasteiger partial charge in [0.1, 0.15) is 5.75 Å². The Bertz CT molecular complexity index is 552. The number of rotatable bonds is 3. The molecule has 1 aromatic carbocycles. The molecule has 0 fully saturated rings. The average molecular weight is 245 g/mol. The summed E-state index contributed by atoms with van der Waals surface area (Å²) in [6.07, 6.45) is 1.83. The summed E-state index contributed by atoms with van der Waals surface area (Å²) in [6, 6.07) is 7.81. The van der Waals surface area contributed by atoms with Crippen LogP contribution in [0.3, 0.4) is 0 Å². The Balaban J connectivity index is 2.49. The Labute approximate surface area is 107 Å². The van der Waals surface area contributed by atoms with Crippen molar-refractivity contribution in [2.75, 3.05) is 7.11 Å². The van der Waals surface area contributed by atoms with Gasteiger partial charge in [0, 0.05) is 22.9 Å². The first-order valence-electron chi connectivity index (χ1n) is 5.92. The summed E-state index contributed by atoms with van der Waals surface area (Å²) >= 11 is 0. The van der Waals surface area contributed by atoms with Gasteiger partial charge in [-0.2, -0.15) is 5.10 Å². The highest BCUT2D eigenvalue weighted by Crippen LogP contribution is 2.24. The molecule has 0 saturated heterocycles. The summed E-state index contributed by atoms with van der Waals surface area (Å²) in [5.74, 6) is 0.816. The molecular weight excluding hydrogens is 226 g/mol. The molecule has 0 aliphatic carbocycles. The van der Waals surface area contributed by atoms with Crippen molar-refractivity contribution in [1.29, 1.82) is 0 Å². The third-order valence-electron chi connectivity index (χ3n) is 3.00. The Hall–Kier alpha value is -1.81. The predicted octanol–water partition coefficient (Wildman–Crippen LogP) is 2.38. The molecule has 0 aliphatic heterocycles. The van der Waals surface area contributed by atoms with Gasteiger partial charge in [0.05, 0.1) is 19.0 Å². The fraction of sp³-hybridized carbons (Fsp3) is 0.357. The molecule has 4 nitrogen and oxygen atoms in total. The molecular formula is C14H19N3O. The fourth-order valence-corrected chi connectivity index (χ4v) is 2.04. The summed E-state index contributed by atoms with van der Waals surface area (Å²) in [5.41, 5.74) is 8.81. The normalized spacial score (nSPS) is 11.6.